The van der Waals surface area contributed by atoms with Gasteiger partial charge in [0.1, 0.15) is 6.73 Å². The number of hydrogen-bond acceptors (Lipinski definition) is 4. The Morgan fingerprint density at radius 1 is 1.22 bits per heavy atom. The van der Waals surface area contributed by atoms with Crippen molar-refractivity contribution in [2.75, 3.05) is 6.61 Å². The van der Waals surface area contributed by atoms with Crippen molar-refractivity contribution in [3.63, 3.8) is 0 Å². The number of aryl methyl sites for hydroxylation is 1. The summed E-state index contributed by atoms with van der Waals surface area (Å²) < 4.78 is 7.32. The third-order valence-electron chi connectivity index (χ3n) is 3.81. The van der Waals surface area contributed by atoms with Crippen LogP contribution in [0.15, 0.2) is 29.1 Å². The largest absolute Gasteiger partial charge is 0.488 e. The number of fused-ring (bicyclic) bond motifs is 1. The second kappa shape index (κ2) is 7.00. The molecule has 0 aliphatic rings. The lowest BCUT2D eigenvalue weighted by Gasteiger charge is -2.17. The van der Waals surface area contributed by atoms with Gasteiger partial charge in [0.25, 0.3) is 5.56 Å². The molecular weight excluding hydrogens is 309 g/mol. The van der Waals surface area contributed by atoms with E-state index in [-0.39, 0.29) is 12.3 Å². The van der Waals surface area contributed by atoms with Gasteiger partial charge in [0, 0.05) is 20.2 Å². The molecule has 0 amide bonds. The van der Waals surface area contributed by atoms with Crippen LogP contribution in [0.25, 0.3) is 10.9 Å². The Morgan fingerprint density at radius 3 is 2.52 bits per heavy atom. The van der Waals surface area contributed by atoms with E-state index in [1.165, 1.54) is 0 Å². The summed E-state index contributed by atoms with van der Waals surface area (Å²) >= 11 is 0. The Balaban J connectivity index is 2.30. The Kier molecular flexibility index (Phi) is 5.46. The molecule has 0 bridgehead atoms. The summed E-state index contributed by atoms with van der Waals surface area (Å²) in [5.41, 5.74) is 1.67. The van der Waals surface area contributed by atoms with Crippen molar-refractivity contribution in [2.24, 2.45) is 0 Å². The van der Waals surface area contributed by atoms with Gasteiger partial charge in [-0.05, 0) is 35.9 Å². The molecule has 0 fully saturated rings. The van der Waals surface area contributed by atoms with Gasteiger partial charge in [-0.15, -0.1) is 0 Å². The molecule has 5 nitrogen and oxygen atoms in total. The SMILES string of the molecule is Cc1cc2cc(B(O)O)ccc2n(COCC[Si](C)(C)C)c1=O. The van der Waals surface area contributed by atoms with Crippen molar-refractivity contribution < 1.29 is 14.8 Å². The quantitative estimate of drug-likeness (QED) is 0.617. The average Bonchev–Trinajstić information content (AvgIpc) is 2.45. The lowest BCUT2D eigenvalue weighted by atomic mass is 9.80. The van der Waals surface area contributed by atoms with Crippen LogP contribution in [0, 0.1) is 6.92 Å². The Labute approximate surface area is 137 Å². The first-order valence-electron chi connectivity index (χ1n) is 7.77. The van der Waals surface area contributed by atoms with Crippen LogP contribution in [0.3, 0.4) is 0 Å². The maximum Gasteiger partial charge on any atom is 0.488 e. The molecule has 23 heavy (non-hydrogen) atoms. The lowest BCUT2D eigenvalue weighted by molar-refractivity contribution is 0.0877. The van der Waals surface area contributed by atoms with Crippen molar-refractivity contribution in [3.8, 4) is 0 Å². The highest BCUT2D eigenvalue weighted by molar-refractivity contribution is 6.76. The van der Waals surface area contributed by atoms with Gasteiger partial charge in [-0.1, -0.05) is 31.8 Å². The van der Waals surface area contributed by atoms with Crippen LogP contribution < -0.4 is 11.0 Å². The minimum atomic E-state index is -1.52. The van der Waals surface area contributed by atoms with E-state index in [2.05, 4.69) is 19.6 Å². The van der Waals surface area contributed by atoms with Crippen molar-refractivity contribution in [3.05, 3.63) is 40.2 Å². The third kappa shape index (κ3) is 4.54. The molecule has 124 valence electrons. The number of nitrogens with zero attached hydrogens (tertiary/aromatic N) is 1. The molecule has 1 heterocycles. The number of aromatic nitrogens is 1. The van der Waals surface area contributed by atoms with Crippen LogP contribution >= 0.6 is 0 Å². The summed E-state index contributed by atoms with van der Waals surface area (Å²) in [7, 11) is -2.68. The average molecular weight is 333 g/mol. The highest BCUT2D eigenvalue weighted by Gasteiger charge is 2.15. The molecule has 0 radical (unpaired) electrons. The van der Waals surface area contributed by atoms with E-state index in [4.69, 9.17) is 4.74 Å². The van der Waals surface area contributed by atoms with Gasteiger partial charge in [-0.25, -0.2) is 0 Å². The fraction of sp³-hybridized carbons (Fsp3) is 0.438. The molecule has 0 aliphatic carbocycles. The van der Waals surface area contributed by atoms with Crippen molar-refractivity contribution >= 4 is 31.6 Å². The number of pyridine rings is 1. The number of ether oxygens (including phenoxy) is 1. The molecule has 0 unspecified atom stereocenters. The van der Waals surface area contributed by atoms with Gasteiger partial charge >= 0.3 is 7.12 Å². The molecule has 0 atom stereocenters. The topological polar surface area (TPSA) is 71.7 Å². The zero-order valence-corrected chi connectivity index (χ0v) is 15.2. The lowest BCUT2D eigenvalue weighted by Crippen LogP contribution is -2.30. The maximum absolute atomic E-state index is 12.4. The molecule has 0 aliphatic heterocycles. The molecular formula is C16H24BNO4Si. The predicted octanol–water partition coefficient (Wildman–Crippen LogP) is 1.30. The molecule has 2 rings (SSSR count). The van der Waals surface area contributed by atoms with E-state index in [1.807, 2.05) is 0 Å². The number of rotatable bonds is 6. The Bertz CT molecular complexity index is 752. The normalized spacial score (nSPS) is 11.9. The van der Waals surface area contributed by atoms with E-state index in [0.717, 1.165) is 16.9 Å². The monoisotopic (exact) mass is 333 g/mol. The van der Waals surface area contributed by atoms with E-state index < -0.39 is 15.2 Å². The molecule has 0 spiro atoms. The van der Waals surface area contributed by atoms with Gasteiger partial charge in [0.2, 0.25) is 0 Å². The Hall–Kier alpha value is -1.41. The molecule has 1 aromatic heterocycles. The summed E-state index contributed by atoms with van der Waals surface area (Å²) in [5.74, 6) is 0. The van der Waals surface area contributed by atoms with Gasteiger partial charge in [-0.3, -0.25) is 9.36 Å². The first-order valence-corrected chi connectivity index (χ1v) is 11.5. The highest BCUT2D eigenvalue weighted by atomic mass is 28.3. The van der Waals surface area contributed by atoms with Crippen molar-refractivity contribution in [2.45, 2.75) is 39.3 Å². The first-order chi connectivity index (χ1) is 10.7. The van der Waals surface area contributed by atoms with E-state index in [9.17, 15) is 14.8 Å². The molecule has 1 aromatic carbocycles. The molecule has 0 saturated heterocycles. The van der Waals surface area contributed by atoms with E-state index in [1.54, 1.807) is 35.8 Å². The van der Waals surface area contributed by atoms with Gasteiger partial charge in [0.05, 0.1) is 5.52 Å². The molecule has 2 N–H and O–H groups in total. The van der Waals surface area contributed by atoms with Crippen LogP contribution in [0.5, 0.6) is 0 Å². The zero-order valence-electron chi connectivity index (χ0n) is 14.2. The number of benzene rings is 1. The summed E-state index contributed by atoms with van der Waals surface area (Å²) in [4.78, 5) is 12.4. The van der Waals surface area contributed by atoms with Crippen LogP contribution in [-0.2, 0) is 11.5 Å². The summed E-state index contributed by atoms with van der Waals surface area (Å²) in [6.07, 6.45) is 0. The third-order valence-corrected chi connectivity index (χ3v) is 5.52. The zero-order chi connectivity index (χ0) is 17.2. The van der Waals surface area contributed by atoms with Gasteiger partial charge < -0.3 is 14.8 Å². The van der Waals surface area contributed by atoms with Crippen molar-refractivity contribution in [1.29, 1.82) is 0 Å². The van der Waals surface area contributed by atoms with E-state index >= 15 is 0 Å². The molecule has 7 heteroatoms. The number of hydrogen-bond donors (Lipinski definition) is 2. The summed E-state index contributed by atoms with van der Waals surface area (Å²) in [6.45, 7) is 9.46. The van der Waals surface area contributed by atoms with Gasteiger partial charge in [0.15, 0.2) is 0 Å². The van der Waals surface area contributed by atoms with Crippen LogP contribution in [-0.4, -0.2) is 36.4 Å². The second-order valence-electron chi connectivity index (χ2n) is 7.10. The predicted molar refractivity (Wildman–Crippen MR) is 96.9 cm³/mol. The van der Waals surface area contributed by atoms with Crippen molar-refractivity contribution in [1.82, 2.24) is 4.57 Å². The fourth-order valence-electron chi connectivity index (χ4n) is 2.37. The maximum atomic E-state index is 12.4. The minimum absolute atomic E-state index is 0.0807. The smallest absolute Gasteiger partial charge is 0.423 e. The van der Waals surface area contributed by atoms with Gasteiger partial charge in [-0.2, -0.15) is 0 Å². The Morgan fingerprint density at radius 2 is 1.91 bits per heavy atom. The van der Waals surface area contributed by atoms with E-state index in [0.29, 0.717) is 17.6 Å². The summed E-state index contributed by atoms with van der Waals surface area (Å²) in [6, 6.07) is 7.84. The standard InChI is InChI=1S/C16H24BNO4Si/c1-12-9-13-10-14(17(20)21)5-6-15(13)18(16(12)19)11-22-7-8-23(2,3)4/h5-6,9-10,20-21H,7-8,11H2,1-4H3. The first kappa shape index (κ1) is 17.9. The fourth-order valence-corrected chi connectivity index (χ4v) is 3.13. The minimum Gasteiger partial charge on any atom is -0.423 e. The summed E-state index contributed by atoms with van der Waals surface area (Å²) in [5, 5.41) is 19.4. The molecule has 2 aromatic rings. The molecule has 0 saturated carbocycles. The second-order valence-corrected chi connectivity index (χ2v) is 12.7. The van der Waals surface area contributed by atoms with Crippen LogP contribution in [0.4, 0.5) is 0 Å². The highest BCUT2D eigenvalue weighted by Crippen LogP contribution is 2.13. The van der Waals surface area contributed by atoms with Crippen LogP contribution in [0.2, 0.25) is 25.7 Å². The van der Waals surface area contributed by atoms with Crippen LogP contribution in [0.1, 0.15) is 5.56 Å².